The zero-order valence-corrected chi connectivity index (χ0v) is 14.2. The van der Waals surface area contributed by atoms with Gasteiger partial charge in [0.25, 0.3) is 5.69 Å². The van der Waals surface area contributed by atoms with Gasteiger partial charge in [-0.25, -0.2) is 4.79 Å². The van der Waals surface area contributed by atoms with Gasteiger partial charge >= 0.3 is 6.03 Å². The summed E-state index contributed by atoms with van der Waals surface area (Å²) in [6.45, 7) is 4.10. The van der Waals surface area contributed by atoms with E-state index < -0.39 is 11.0 Å². The Morgan fingerprint density at radius 3 is 2.46 bits per heavy atom. The summed E-state index contributed by atoms with van der Waals surface area (Å²) in [4.78, 5) is 24.6. The molecule has 0 bridgehead atoms. The highest BCUT2D eigenvalue weighted by Gasteiger charge is 2.11. The summed E-state index contributed by atoms with van der Waals surface area (Å²) in [6.07, 6.45) is 0. The molecule has 2 aromatic rings. The van der Waals surface area contributed by atoms with E-state index in [0.29, 0.717) is 11.4 Å². The highest BCUT2D eigenvalue weighted by atomic mass is 16.6. The molecule has 1 saturated heterocycles. The maximum absolute atomic E-state index is 12.1. The van der Waals surface area contributed by atoms with Gasteiger partial charge in [0, 0.05) is 43.1 Å². The Morgan fingerprint density at radius 2 is 1.77 bits per heavy atom. The number of benzene rings is 2. The fourth-order valence-corrected chi connectivity index (χ4v) is 2.72. The van der Waals surface area contributed by atoms with Crippen molar-refractivity contribution >= 4 is 23.1 Å². The number of nitrogens with one attached hydrogen (secondary N) is 2. The maximum atomic E-state index is 12.1. The molecule has 0 aromatic heterocycles. The van der Waals surface area contributed by atoms with Gasteiger partial charge in [0.15, 0.2) is 0 Å². The first kappa shape index (κ1) is 17.8. The van der Waals surface area contributed by atoms with Crippen molar-refractivity contribution in [2.45, 2.75) is 6.54 Å². The second-order valence-corrected chi connectivity index (χ2v) is 5.97. The third-order valence-electron chi connectivity index (χ3n) is 4.03. The number of carbonyl (C=O) groups is 1. The molecule has 0 unspecified atom stereocenters. The highest BCUT2D eigenvalue weighted by molar-refractivity contribution is 5.99. The van der Waals surface area contributed by atoms with Crippen molar-refractivity contribution in [2.75, 3.05) is 36.9 Å². The van der Waals surface area contributed by atoms with Gasteiger partial charge in [-0.2, -0.15) is 0 Å². The van der Waals surface area contributed by atoms with E-state index in [1.165, 1.54) is 24.3 Å². The number of carbonyl (C=O) groups excluding carboxylic acids is 1. The Balaban J connectivity index is 1.56. The first-order valence-corrected chi connectivity index (χ1v) is 8.32. The lowest BCUT2D eigenvalue weighted by Gasteiger charge is -2.26. The molecule has 3 rings (SSSR count). The van der Waals surface area contributed by atoms with Crippen molar-refractivity contribution < 1.29 is 14.5 Å². The minimum Gasteiger partial charge on any atom is -0.379 e. The second-order valence-electron chi connectivity index (χ2n) is 5.97. The number of hydrogen-bond acceptors (Lipinski definition) is 5. The van der Waals surface area contributed by atoms with Crippen LogP contribution in [0.1, 0.15) is 5.56 Å². The molecule has 1 heterocycles. The summed E-state index contributed by atoms with van der Waals surface area (Å²) in [7, 11) is 0. The largest absolute Gasteiger partial charge is 0.379 e. The fourth-order valence-electron chi connectivity index (χ4n) is 2.72. The van der Waals surface area contributed by atoms with Crippen molar-refractivity contribution in [1.82, 2.24) is 4.90 Å². The van der Waals surface area contributed by atoms with Gasteiger partial charge in [0.1, 0.15) is 0 Å². The Kier molecular flexibility index (Phi) is 5.77. The summed E-state index contributed by atoms with van der Waals surface area (Å²) in [5.41, 5.74) is 2.26. The molecule has 1 aliphatic heterocycles. The van der Waals surface area contributed by atoms with Gasteiger partial charge in [-0.3, -0.25) is 15.0 Å². The van der Waals surface area contributed by atoms with Crippen LogP contribution in [0.5, 0.6) is 0 Å². The molecule has 2 amide bonds. The second kappa shape index (κ2) is 8.41. The molecule has 1 aliphatic rings. The first-order valence-electron chi connectivity index (χ1n) is 8.32. The normalized spacial score (nSPS) is 14.6. The third-order valence-corrected chi connectivity index (χ3v) is 4.03. The quantitative estimate of drug-likeness (QED) is 0.634. The molecule has 2 aromatic carbocycles. The number of nitrogens with zero attached hydrogens (tertiary/aromatic N) is 2. The third kappa shape index (κ3) is 5.01. The zero-order chi connectivity index (χ0) is 18.4. The molecular weight excluding hydrogens is 336 g/mol. The molecule has 0 aliphatic carbocycles. The van der Waals surface area contributed by atoms with Crippen molar-refractivity contribution in [3.8, 4) is 0 Å². The minimum absolute atomic E-state index is 0.0215. The Labute approximate surface area is 150 Å². The van der Waals surface area contributed by atoms with Crippen LogP contribution in [0.3, 0.4) is 0 Å². The van der Waals surface area contributed by atoms with Gasteiger partial charge in [-0.15, -0.1) is 0 Å². The van der Waals surface area contributed by atoms with E-state index in [9.17, 15) is 14.9 Å². The molecular formula is C18H20N4O4. The van der Waals surface area contributed by atoms with Crippen LogP contribution in [0, 0.1) is 10.1 Å². The molecule has 0 spiro atoms. The predicted octanol–water partition coefficient (Wildman–Crippen LogP) is 3.07. The van der Waals surface area contributed by atoms with Crippen molar-refractivity contribution in [3.63, 3.8) is 0 Å². The molecule has 0 saturated carbocycles. The number of nitro groups is 1. The standard InChI is InChI=1S/C18H20N4O4/c23-18(19-15-4-6-17(7-5-15)22(24)25)20-16-3-1-2-14(12-16)13-21-8-10-26-11-9-21/h1-7,12H,8-11,13H2,(H2,19,20,23). The lowest BCUT2D eigenvalue weighted by molar-refractivity contribution is -0.384. The van der Waals surface area contributed by atoms with Gasteiger partial charge in [-0.05, 0) is 29.8 Å². The number of nitro benzene ring substituents is 1. The van der Waals surface area contributed by atoms with Crippen LogP contribution in [-0.2, 0) is 11.3 Å². The van der Waals surface area contributed by atoms with E-state index in [0.717, 1.165) is 38.4 Å². The van der Waals surface area contributed by atoms with Crippen molar-refractivity contribution in [3.05, 3.63) is 64.2 Å². The van der Waals surface area contributed by atoms with E-state index >= 15 is 0 Å². The van der Waals surface area contributed by atoms with Crippen LogP contribution in [0.25, 0.3) is 0 Å². The van der Waals surface area contributed by atoms with E-state index in [1.54, 1.807) is 0 Å². The van der Waals surface area contributed by atoms with Gasteiger partial charge in [0.05, 0.1) is 18.1 Å². The lowest BCUT2D eigenvalue weighted by atomic mass is 10.2. The number of morpholine rings is 1. The molecule has 0 atom stereocenters. The van der Waals surface area contributed by atoms with E-state index in [-0.39, 0.29) is 5.69 Å². The van der Waals surface area contributed by atoms with Crippen molar-refractivity contribution in [2.24, 2.45) is 0 Å². The van der Waals surface area contributed by atoms with Crippen LogP contribution in [0.4, 0.5) is 21.9 Å². The summed E-state index contributed by atoms with van der Waals surface area (Å²) in [5, 5.41) is 16.1. The molecule has 8 heteroatoms. The van der Waals surface area contributed by atoms with E-state index in [2.05, 4.69) is 15.5 Å². The minimum atomic E-state index is -0.482. The van der Waals surface area contributed by atoms with Crippen LogP contribution in [0.2, 0.25) is 0 Å². The maximum Gasteiger partial charge on any atom is 0.323 e. The molecule has 2 N–H and O–H groups in total. The summed E-state index contributed by atoms with van der Waals surface area (Å²) < 4.78 is 5.35. The van der Waals surface area contributed by atoms with E-state index in [1.807, 2.05) is 24.3 Å². The lowest BCUT2D eigenvalue weighted by Crippen LogP contribution is -2.35. The molecule has 8 nitrogen and oxygen atoms in total. The average Bonchev–Trinajstić information content (AvgIpc) is 2.63. The molecule has 136 valence electrons. The number of non-ortho nitro benzene ring substituents is 1. The van der Waals surface area contributed by atoms with Crippen LogP contribution < -0.4 is 10.6 Å². The molecule has 1 fully saturated rings. The monoisotopic (exact) mass is 356 g/mol. The number of amides is 2. The fraction of sp³-hybridized carbons (Fsp3) is 0.278. The van der Waals surface area contributed by atoms with Crippen LogP contribution in [-0.4, -0.2) is 42.2 Å². The first-order chi connectivity index (χ1) is 12.6. The van der Waals surface area contributed by atoms with Crippen molar-refractivity contribution in [1.29, 1.82) is 0 Å². The van der Waals surface area contributed by atoms with Crippen LogP contribution in [0.15, 0.2) is 48.5 Å². The topological polar surface area (TPSA) is 96.7 Å². The van der Waals surface area contributed by atoms with Gasteiger partial charge in [-0.1, -0.05) is 12.1 Å². The summed E-state index contributed by atoms with van der Waals surface area (Å²) in [6, 6.07) is 13.0. The predicted molar refractivity (Wildman–Crippen MR) is 98.3 cm³/mol. The Morgan fingerprint density at radius 1 is 1.08 bits per heavy atom. The van der Waals surface area contributed by atoms with Crippen LogP contribution >= 0.6 is 0 Å². The zero-order valence-electron chi connectivity index (χ0n) is 14.2. The Bertz CT molecular complexity index is 773. The summed E-state index contributed by atoms with van der Waals surface area (Å²) in [5.74, 6) is 0. The van der Waals surface area contributed by atoms with E-state index in [4.69, 9.17) is 4.74 Å². The summed E-state index contributed by atoms with van der Waals surface area (Å²) >= 11 is 0. The molecule has 0 radical (unpaired) electrons. The number of anilines is 2. The number of urea groups is 1. The smallest absolute Gasteiger partial charge is 0.323 e. The number of hydrogen-bond donors (Lipinski definition) is 2. The number of ether oxygens (including phenoxy) is 1. The van der Waals surface area contributed by atoms with Gasteiger partial charge < -0.3 is 15.4 Å². The average molecular weight is 356 g/mol. The highest BCUT2D eigenvalue weighted by Crippen LogP contribution is 2.17. The SMILES string of the molecule is O=C(Nc1ccc([N+](=O)[O-])cc1)Nc1cccc(CN2CCOCC2)c1. The number of rotatable bonds is 5. The molecule has 26 heavy (non-hydrogen) atoms. The van der Waals surface area contributed by atoms with Gasteiger partial charge in [0.2, 0.25) is 0 Å². The Hall–Kier alpha value is -2.97.